The fraction of sp³-hybridized carbons (Fsp3) is 0.375. The topological polar surface area (TPSA) is 48.1 Å². The molecule has 28 heavy (non-hydrogen) atoms. The van der Waals surface area contributed by atoms with Gasteiger partial charge in [0, 0.05) is 28.7 Å². The number of carbonyl (C=O) groups is 1. The molecular weight excluding hydrogens is 346 g/mol. The quantitative estimate of drug-likeness (QED) is 0.697. The lowest BCUT2D eigenvalue weighted by molar-refractivity contribution is 0.0942. The molecule has 3 aromatic rings. The number of likely N-dealkylation sites (N-methyl/N-ethyl adjacent to an activating group) is 1. The number of rotatable bonds is 5. The smallest absolute Gasteiger partial charge is 0.251 e. The van der Waals surface area contributed by atoms with Gasteiger partial charge >= 0.3 is 0 Å². The third-order valence-corrected chi connectivity index (χ3v) is 5.96. The van der Waals surface area contributed by atoms with Gasteiger partial charge < -0.3 is 15.2 Å². The predicted molar refractivity (Wildman–Crippen MR) is 115 cm³/mol. The van der Waals surface area contributed by atoms with Crippen molar-refractivity contribution in [1.82, 2.24) is 15.2 Å². The SMILES string of the molecule is C[C@H]1CCc2[nH]c3ccc(C(=O)NC[C@@H](c4ccccc4)N(C)C)cc3c2C1. The van der Waals surface area contributed by atoms with Crippen LogP contribution < -0.4 is 5.32 Å². The van der Waals surface area contributed by atoms with Gasteiger partial charge in [-0.1, -0.05) is 37.3 Å². The highest BCUT2D eigenvalue weighted by Gasteiger charge is 2.21. The molecule has 1 amide bonds. The number of amides is 1. The zero-order valence-electron chi connectivity index (χ0n) is 17.0. The number of carbonyl (C=O) groups excluding carboxylic acids is 1. The fourth-order valence-electron chi connectivity index (χ4n) is 4.30. The first-order valence-electron chi connectivity index (χ1n) is 10.2. The number of aromatic nitrogens is 1. The van der Waals surface area contributed by atoms with Crippen molar-refractivity contribution in [3.05, 3.63) is 70.9 Å². The third-order valence-electron chi connectivity index (χ3n) is 5.96. The first-order valence-corrected chi connectivity index (χ1v) is 10.2. The maximum absolute atomic E-state index is 12.9. The Labute approximate surface area is 166 Å². The summed E-state index contributed by atoms with van der Waals surface area (Å²) in [5.41, 5.74) is 5.84. The minimum Gasteiger partial charge on any atom is -0.358 e. The molecule has 146 valence electrons. The Balaban J connectivity index is 1.53. The van der Waals surface area contributed by atoms with E-state index in [9.17, 15) is 4.79 Å². The Kier molecular flexibility index (Phi) is 5.23. The van der Waals surface area contributed by atoms with Crippen molar-refractivity contribution in [3.8, 4) is 0 Å². The second-order valence-corrected chi connectivity index (χ2v) is 8.29. The van der Waals surface area contributed by atoms with E-state index in [1.807, 2.05) is 44.4 Å². The molecule has 4 rings (SSSR count). The molecule has 4 heteroatoms. The number of nitrogens with zero attached hydrogens (tertiary/aromatic N) is 1. The van der Waals surface area contributed by atoms with Crippen LogP contribution in [0.15, 0.2) is 48.5 Å². The lowest BCUT2D eigenvalue weighted by Gasteiger charge is -2.25. The van der Waals surface area contributed by atoms with E-state index in [-0.39, 0.29) is 11.9 Å². The molecule has 2 atom stereocenters. The number of hydrogen-bond donors (Lipinski definition) is 2. The van der Waals surface area contributed by atoms with Gasteiger partial charge in [0.1, 0.15) is 0 Å². The van der Waals surface area contributed by atoms with Crippen molar-refractivity contribution >= 4 is 16.8 Å². The van der Waals surface area contributed by atoms with Crippen LogP contribution in [0.4, 0.5) is 0 Å². The molecular formula is C24H29N3O. The average molecular weight is 376 g/mol. The van der Waals surface area contributed by atoms with Crippen LogP contribution in [0.25, 0.3) is 10.9 Å². The van der Waals surface area contributed by atoms with Crippen molar-refractivity contribution in [2.45, 2.75) is 32.2 Å². The Bertz CT molecular complexity index is 974. The number of benzene rings is 2. The molecule has 0 radical (unpaired) electrons. The second kappa shape index (κ2) is 7.80. The molecule has 0 fully saturated rings. The molecule has 0 saturated carbocycles. The van der Waals surface area contributed by atoms with Gasteiger partial charge in [-0.15, -0.1) is 0 Å². The Morgan fingerprint density at radius 3 is 2.75 bits per heavy atom. The molecule has 2 aromatic carbocycles. The molecule has 1 aliphatic carbocycles. The van der Waals surface area contributed by atoms with Gasteiger partial charge in [0.05, 0.1) is 6.04 Å². The van der Waals surface area contributed by atoms with E-state index in [0.29, 0.717) is 12.5 Å². The van der Waals surface area contributed by atoms with Crippen LogP contribution in [0.3, 0.4) is 0 Å². The van der Waals surface area contributed by atoms with Crippen molar-refractivity contribution < 1.29 is 4.79 Å². The monoisotopic (exact) mass is 375 g/mol. The van der Waals surface area contributed by atoms with E-state index in [0.717, 1.165) is 23.9 Å². The van der Waals surface area contributed by atoms with Crippen molar-refractivity contribution in [3.63, 3.8) is 0 Å². The summed E-state index contributed by atoms with van der Waals surface area (Å²) in [7, 11) is 4.09. The van der Waals surface area contributed by atoms with E-state index in [1.54, 1.807) is 0 Å². The lowest BCUT2D eigenvalue weighted by Crippen LogP contribution is -2.34. The van der Waals surface area contributed by atoms with Crippen LogP contribution in [-0.4, -0.2) is 36.4 Å². The van der Waals surface area contributed by atoms with E-state index >= 15 is 0 Å². The number of nitrogens with one attached hydrogen (secondary N) is 2. The minimum absolute atomic E-state index is 0.0107. The van der Waals surface area contributed by atoms with E-state index in [1.165, 1.54) is 28.6 Å². The lowest BCUT2D eigenvalue weighted by atomic mass is 9.87. The molecule has 1 heterocycles. The summed E-state index contributed by atoms with van der Waals surface area (Å²) in [5, 5.41) is 4.34. The van der Waals surface area contributed by atoms with Gasteiger partial charge in [0.15, 0.2) is 0 Å². The first kappa shape index (κ1) is 18.8. The van der Waals surface area contributed by atoms with E-state index < -0.39 is 0 Å². The maximum atomic E-state index is 12.9. The van der Waals surface area contributed by atoms with E-state index in [2.05, 4.69) is 40.3 Å². The number of hydrogen-bond acceptors (Lipinski definition) is 2. The van der Waals surface area contributed by atoms with Crippen molar-refractivity contribution in [1.29, 1.82) is 0 Å². The standard InChI is InChI=1S/C24H29N3O/c1-16-9-11-21-19(13-16)20-14-18(10-12-22(20)26-21)24(28)25-15-23(27(2)3)17-7-5-4-6-8-17/h4-8,10,12,14,16,23,26H,9,11,13,15H2,1-3H3,(H,25,28)/t16-,23-/m0/s1. The minimum atomic E-state index is -0.0107. The molecule has 1 aliphatic rings. The van der Waals surface area contributed by atoms with Crippen molar-refractivity contribution in [2.75, 3.05) is 20.6 Å². The molecule has 0 saturated heterocycles. The summed E-state index contributed by atoms with van der Waals surface area (Å²) in [6.45, 7) is 2.89. The molecule has 0 unspecified atom stereocenters. The van der Waals surface area contributed by atoms with Crippen LogP contribution >= 0.6 is 0 Å². The van der Waals surface area contributed by atoms with Gasteiger partial charge in [-0.2, -0.15) is 0 Å². The number of aromatic amines is 1. The maximum Gasteiger partial charge on any atom is 0.251 e. The average Bonchev–Trinajstić information content (AvgIpc) is 3.05. The second-order valence-electron chi connectivity index (χ2n) is 8.29. The third kappa shape index (κ3) is 3.69. The molecule has 2 N–H and O–H groups in total. The van der Waals surface area contributed by atoms with Gasteiger partial charge in [-0.3, -0.25) is 4.79 Å². The number of H-pyrrole nitrogens is 1. The molecule has 4 nitrogen and oxygen atoms in total. The van der Waals surface area contributed by atoms with Crippen molar-refractivity contribution in [2.24, 2.45) is 5.92 Å². The zero-order chi connectivity index (χ0) is 19.7. The summed E-state index contributed by atoms with van der Waals surface area (Å²) in [5.74, 6) is 0.694. The zero-order valence-corrected chi connectivity index (χ0v) is 17.0. The fourth-order valence-corrected chi connectivity index (χ4v) is 4.30. The summed E-state index contributed by atoms with van der Waals surface area (Å²) in [6.07, 6.45) is 3.43. The Morgan fingerprint density at radius 2 is 2.00 bits per heavy atom. The highest BCUT2D eigenvalue weighted by molar-refractivity contribution is 5.99. The van der Waals surface area contributed by atoms with E-state index in [4.69, 9.17) is 0 Å². The Morgan fingerprint density at radius 1 is 1.21 bits per heavy atom. The highest BCUT2D eigenvalue weighted by atomic mass is 16.1. The highest BCUT2D eigenvalue weighted by Crippen LogP contribution is 2.32. The first-order chi connectivity index (χ1) is 13.5. The summed E-state index contributed by atoms with van der Waals surface area (Å²) < 4.78 is 0. The molecule has 0 aliphatic heterocycles. The Hall–Kier alpha value is -2.59. The van der Waals surface area contributed by atoms with Crippen LogP contribution in [0, 0.1) is 5.92 Å². The van der Waals surface area contributed by atoms with Gasteiger partial charge in [0.25, 0.3) is 5.91 Å². The molecule has 0 spiro atoms. The summed E-state index contributed by atoms with van der Waals surface area (Å²) in [6, 6.07) is 16.5. The summed E-state index contributed by atoms with van der Waals surface area (Å²) >= 11 is 0. The van der Waals surface area contributed by atoms with Crippen LogP contribution in [0.5, 0.6) is 0 Å². The summed E-state index contributed by atoms with van der Waals surface area (Å²) in [4.78, 5) is 18.6. The number of aryl methyl sites for hydroxylation is 1. The predicted octanol–water partition coefficient (Wildman–Crippen LogP) is 4.33. The number of fused-ring (bicyclic) bond motifs is 3. The van der Waals surface area contributed by atoms with Gasteiger partial charge in [-0.25, -0.2) is 0 Å². The largest absolute Gasteiger partial charge is 0.358 e. The normalized spacial score (nSPS) is 17.5. The van der Waals surface area contributed by atoms with Gasteiger partial charge in [0.2, 0.25) is 0 Å². The van der Waals surface area contributed by atoms with Crippen LogP contribution in [0.1, 0.15) is 46.6 Å². The van der Waals surface area contributed by atoms with Crippen LogP contribution in [-0.2, 0) is 12.8 Å². The molecule has 0 bridgehead atoms. The molecule has 1 aromatic heterocycles. The van der Waals surface area contributed by atoms with Crippen LogP contribution in [0.2, 0.25) is 0 Å². The van der Waals surface area contributed by atoms with Gasteiger partial charge in [-0.05, 0) is 68.6 Å².